The van der Waals surface area contributed by atoms with Gasteiger partial charge in [-0.05, 0) is 48.2 Å². The van der Waals surface area contributed by atoms with E-state index in [1.165, 1.54) is 11.1 Å². The van der Waals surface area contributed by atoms with Crippen molar-refractivity contribution in [3.8, 4) is 0 Å². The lowest BCUT2D eigenvalue weighted by molar-refractivity contribution is -0.117. The third-order valence-electron chi connectivity index (χ3n) is 3.29. The van der Waals surface area contributed by atoms with E-state index in [9.17, 15) is 4.79 Å². The Morgan fingerprint density at radius 1 is 0.895 bits per heavy atom. The molecule has 0 aliphatic carbocycles. The van der Waals surface area contributed by atoms with Crippen molar-refractivity contribution in [2.75, 3.05) is 0 Å². The van der Waals surface area contributed by atoms with Crippen LogP contribution in [0.3, 0.4) is 0 Å². The molecule has 0 radical (unpaired) electrons. The number of aryl methyl sites for hydroxylation is 2. The van der Waals surface area contributed by atoms with E-state index in [2.05, 4.69) is 41.9 Å². The minimum absolute atomic E-state index is 0.255. The van der Waals surface area contributed by atoms with Gasteiger partial charge in [0.25, 0.3) is 0 Å². The first-order chi connectivity index (χ1) is 9.04. The van der Waals surface area contributed by atoms with Crippen LogP contribution in [-0.2, 0) is 17.6 Å². The molecule has 98 valence electrons. The molecule has 0 heterocycles. The van der Waals surface area contributed by atoms with Gasteiger partial charge >= 0.3 is 0 Å². The molecule has 2 heteroatoms. The molecule has 0 amide bonds. The Labute approximate surface area is 122 Å². The summed E-state index contributed by atoms with van der Waals surface area (Å²) in [6, 6.07) is 14.1. The molecule has 0 aliphatic heterocycles. The first-order valence-electron chi connectivity index (χ1n) is 6.37. The SMILES string of the molecule is Cc1ccc(CC(=O)Cc2ccc(Br)cc2)cc1C. The molecule has 0 fully saturated rings. The lowest BCUT2D eigenvalue weighted by atomic mass is 10.00. The highest BCUT2D eigenvalue weighted by Crippen LogP contribution is 2.14. The van der Waals surface area contributed by atoms with E-state index in [0.717, 1.165) is 15.6 Å². The summed E-state index contributed by atoms with van der Waals surface area (Å²) in [4.78, 5) is 12.1. The van der Waals surface area contributed by atoms with Crippen LogP contribution in [0.25, 0.3) is 0 Å². The van der Waals surface area contributed by atoms with Gasteiger partial charge in [0.2, 0.25) is 0 Å². The summed E-state index contributed by atoms with van der Waals surface area (Å²) in [5.74, 6) is 0.255. The molecule has 0 aliphatic rings. The predicted molar refractivity (Wildman–Crippen MR) is 82.5 cm³/mol. The number of carbonyl (C=O) groups excluding carboxylic acids is 1. The van der Waals surface area contributed by atoms with Crippen molar-refractivity contribution in [2.24, 2.45) is 0 Å². The molecule has 19 heavy (non-hydrogen) atoms. The molecule has 2 rings (SSSR count). The lowest BCUT2D eigenvalue weighted by Crippen LogP contribution is -2.06. The second-order valence-electron chi connectivity index (χ2n) is 4.94. The van der Waals surface area contributed by atoms with Crippen LogP contribution < -0.4 is 0 Å². The predicted octanol–water partition coefficient (Wildman–Crippen LogP) is 4.42. The monoisotopic (exact) mass is 316 g/mol. The molecule has 0 saturated heterocycles. The van der Waals surface area contributed by atoms with Crippen molar-refractivity contribution >= 4 is 21.7 Å². The van der Waals surface area contributed by atoms with Gasteiger partial charge < -0.3 is 0 Å². The molecular formula is C17H17BrO. The largest absolute Gasteiger partial charge is 0.299 e. The Kier molecular flexibility index (Phi) is 4.54. The number of ketones is 1. The summed E-state index contributed by atoms with van der Waals surface area (Å²) in [6.07, 6.45) is 1.01. The van der Waals surface area contributed by atoms with Gasteiger partial charge in [-0.1, -0.05) is 46.3 Å². The number of hydrogen-bond acceptors (Lipinski definition) is 1. The zero-order chi connectivity index (χ0) is 13.8. The summed E-state index contributed by atoms with van der Waals surface area (Å²) in [7, 11) is 0. The van der Waals surface area contributed by atoms with Crippen molar-refractivity contribution in [3.05, 3.63) is 69.2 Å². The van der Waals surface area contributed by atoms with Gasteiger partial charge in [-0.2, -0.15) is 0 Å². The molecule has 0 N–H and O–H groups in total. The van der Waals surface area contributed by atoms with Gasteiger partial charge in [0.15, 0.2) is 0 Å². The third-order valence-corrected chi connectivity index (χ3v) is 3.82. The Hall–Kier alpha value is -1.41. The van der Waals surface area contributed by atoms with Crippen molar-refractivity contribution in [1.82, 2.24) is 0 Å². The second kappa shape index (κ2) is 6.16. The number of benzene rings is 2. The highest BCUT2D eigenvalue weighted by Gasteiger charge is 2.06. The van der Waals surface area contributed by atoms with E-state index in [4.69, 9.17) is 0 Å². The smallest absolute Gasteiger partial charge is 0.141 e. The second-order valence-corrected chi connectivity index (χ2v) is 5.85. The van der Waals surface area contributed by atoms with Gasteiger partial charge in [0, 0.05) is 17.3 Å². The number of carbonyl (C=O) groups is 1. The van der Waals surface area contributed by atoms with E-state index in [1.54, 1.807) is 0 Å². The Morgan fingerprint density at radius 3 is 2.11 bits per heavy atom. The van der Waals surface area contributed by atoms with Crippen LogP contribution >= 0.6 is 15.9 Å². The van der Waals surface area contributed by atoms with Crippen LogP contribution in [0.2, 0.25) is 0 Å². The summed E-state index contributed by atoms with van der Waals surface area (Å²) < 4.78 is 1.04. The fourth-order valence-electron chi connectivity index (χ4n) is 2.03. The molecule has 0 aromatic heterocycles. The van der Waals surface area contributed by atoms with E-state index in [0.29, 0.717) is 12.8 Å². The summed E-state index contributed by atoms with van der Waals surface area (Å²) in [6.45, 7) is 4.17. The van der Waals surface area contributed by atoms with Crippen molar-refractivity contribution in [2.45, 2.75) is 26.7 Å². The van der Waals surface area contributed by atoms with Crippen LogP contribution in [0.4, 0.5) is 0 Å². The summed E-state index contributed by atoms with van der Waals surface area (Å²) in [5.41, 5.74) is 4.68. The van der Waals surface area contributed by atoms with E-state index in [1.807, 2.05) is 30.3 Å². The number of Topliss-reactive ketones (excluding diaryl/α,β-unsaturated/α-hetero) is 1. The summed E-state index contributed by atoms with van der Waals surface area (Å²) >= 11 is 3.40. The number of hydrogen-bond donors (Lipinski definition) is 0. The fourth-order valence-corrected chi connectivity index (χ4v) is 2.30. The Morgan fingerprint density at radius 2 is 1.47 bits per heavy atom. The van der Waals surface area contributed by atoms with E-state index >= 15 is 0 Å². The molecule has 0 spiro atoms. The average Bonchev–Trinajstić information content (AvgIpc) is 2.37. The molecular weight excluding hydrogens is 300 g/mol. The maximum Gasteiger partial charge on any atom is 0.141 e. The highest BCUT2D eigenvalue weighted by atomic mass is 79.9. The van der Waals surface area contributed by atoms with Gasteiger partial charge in [-0.15, -0.1) is 0 Å². The molecule has 1 nitrogen and oxygen atoms in total. The molecule has 0 saturated carbocycles. The van der Waals surface area contributed by atoms with Crippen molar-refractivity contribution < 1.29 is 4.79 Å². The van der Waals surface area contributed by atoms with Gasteiger partial charge in [0.1, 0.15) is 5.78 Å². The van der Waals surface area contributed by atoms with E-state index in [-0.39, 0.29) is 5.78 Å². The lowest BCUT2D eigenvalue weighted by Gasteiger charge is -2.05. The Bertz CT molecular complexity index is 585. The maximum absolute atomic E-state index is 12.1. The van der Waals surface area contributed by atoms with E-state index < -0.39 is 0 Å². The molecule has 0 unspecified atom stereocenters. The van der Waals surface area contributed by atoms with Gasteiger partial charge in [-0.3, -0.25) is 4.79 Å². The summed E-state index contributed by atoms with van der Waals surface area (Å²) in [5, 5.41) is 0. The number of rotatable bonds is 4. The number of halogens is 1. The average molecular weight is 317 g/mol. The van der Waals surface area contributed by atoms with Gasteiger partial charge in [-0.25, -0.2) is 0 Å². The molecule has 2 aromatic carbocycles. The third kappa shape index (κ3) is 4.03. The van der Waals surface area contributed by atoms with Crippen molar-refractivity contribution in [1.29, 1.82) is 0 Å². The zero-order valence-corrected chi connectivity index (χ0v) is 12.8. The highest BCUT2D eigenvalue weighted by molar-refractivity contribution is 9.10. The quantitative estimate of drug-likeness (QED) is 0.816. The van der Waals surface area contributed by atoms with Gasteiger partial charge in [0.05, 0.1) is 0 Å². The standard InChI is InChI=1S/C17H17BrO/c1-12-3-4-15(9-13(12)2)11-17(19)10-14-5-7-16(18)8-6-14/h3-9H,10-11H2,1-2H3. The van der Waals surface area contributed by atoms with Crippen LogP contribution in [0, 0.1) is 13.8 Å². The van der Waals surface area contributed by atoms with Crippen molar-refractivity contribution in [3.63, 3.8) is 0 Å². The Balaban J connectivity index is 2.01. The normalized spacial score (nSPS) is 10.5. The first-order valence-corrected chi connectivity index (χ1v) is 7.16. The first kappa shape index (κ1) is 14.0. The minimum atomic E-state index is 0.255. The van der Waals surface area contributed by atoms with Crippen LogP contribution in [0.1, 0.15) is 22.3 Å². The minimum Gasteiger partial charge on any atom is -0.299 e. The fraction of sp³-hybridized carbons (Fsp3) is 0.235. The van der Waals surface area contributed by atoms with Crippen LogP contribution in [-0.4, -0.2) is 5.78 Å². The molecule has 0 atom stereocenters. The zero-order valence-electron chi connectivity index (χ0n) is 11.2. The molecule has 0 bridgehead atoms. The topological polar surface area (TPSA) is 17.1 Å². The maximum atomic E-state index is 12.1. The molecule has 2 aromatic rings. The van der Waals surface area contributed by atoms with Crippen LogP contribution in [0.5, 0.6) is 0 Å². The van der Waals surface area contributed by atoms with Crippen LogP contribution in [0.15, 0.2) is 46.9 Å².